The smallest absolute Gasteiger partial charge is 0.191 e. The van der Waals surface area contributed by atoms with Crippen molar-refractivity contribution in [3.05, 3.63) is 71.3 Å². The summed E-state index contributed by atoms with van der Waals surface area (Å²) in [5.41, 5.74) is 3.82. The molecule has 0 aliphatic carbocycles. The Balaban J connectivity index is 1.92. The summed E-state index contributed by atoms with van der Waals surface area (Å²) in [6, 6.07) is 19.3. The molecule has 2 rings (SSSR count). The van der Waals surface area contributed by atoms with E-state index in [-0.39, 0.29) is 0 Å². The summed E-state index contributed by atoms with van der Waals surface area (Å²) in [6.45, 7) is 3.67. The van der Waals surface area contributed by atoms with E-state index in [2.05, 4.69) is 90.1 Å². The number of rotatable bonds is 6. The first kappa shape index (κ1) is 18.0. The van der Waals surface area contributed by atoms with Crippen molar-refractivity contribution in [1.82, 2.24) is 15.5 Å². The van der Waals surface area contributed by atoms with Crippen molar-refractivity contribution in [2.75, 3.05) is 27.7 Å². The van der Waals surface area contributed by atoms with Crippen molar-refractivity contribution in [2.24, 2.45) is 4.99 Å². The van der Waals surface area contributed by atoms with E-state index in [0.29, 0.717) is 6.04 Å². The van der Waals surface area contributed by atoms with Crippen LogP contribution in [0.15, 0.2) is 59.6 Å². The van der Waals surface area contributed by atoms with Gasteiger partial charge < -0.3 is 15.5 Å². The van der Waals surface area contributed by atoms with Gasteiger partial charge in [-0.2, -0.15) is 0 Å². The molecule has 0 spiro atoms. The van der Waals surface area contributed by atoms with Crippen LogP contribution in [0.25, 0.3) is 0 Å². The van der Waals surface area contributed by atoms with E-state index in [1.54, 1.807) is 7.05 Å². The minimum Gasteiger partial charge on any atom is -0.354 e. The SMILES string of the molecule is CN=C(NCc1cccc(C)c1)NCC(c1ccccc1)N(C)C. The van der Waals surface area contributed by atoms with Crippen molar-refractivity contribution in [2.45, 2.75) is 19.5 Å². The standard InChI is InChI=1S/C20H28N4/c1-16-9-8-10-17(13-16)14-22-20(21-2)23-15-19(24(3)4)18-11-6-5-7-12-18/h5-13,19H,14-15H2,1-4H3,(H2,21,22,23). The minimum absolute atomic E-state index is 0.295. The second-order valence-electron chi connectivity index (χ2n) is 6.19. The third kappa shape index (κ3) is 5.39. The fourth-order valence-corrected chi connectivity index (χ4v) is 2.70. The largest absolute Gasteiger partial charge is 0.354 e. The summed E-state index contributed by atoms with van der Waals surface area (Å²) < 4.78 is 0. The fraction of sp³-hybridized carbons (Fsp3) is 0.350. The highest BCUT2D eigenvalue weighted by atomic mass is 15.2. The Morgan fingerprint density at radius 1 is 1.04 bits per heavy atom. The molecule has 2 aromatic rings. The zero-order valence-corrected chi connectivity index (χ0v) is 15.1. The molecule has 4 nitrogen and oxygen atoms in total. The molecule has 0 amide bonds. The molecule has 2 N–H and O–H groups in total. The van der Waals surface area contributed by atoms with E-state index in [9.17, 15) is 0 Å². The average molecular weight is 324 g/mol. The minimum atomic E-state index is 0.295. The molecule has 0 fully saturated rings. The summed E-state index contributed by atoms with van der Waals surface area (Å²) in [5, 5.41) is 6.81. The lowest BCUT2D eigenvalue weighted by atomic mass is 10.1. The Hall–Kier alpha value is -2.33. The van der Waals surface area contributed by atoms with Gasteiger partial charge in [-0.3, -0.25) is 4.99 Å². The second kappa shape index (κ2) is 9.08. The van der Waals surface area contributed by atoms with Gasteiger partial charge >= 0.3 is 0 Å². The maximum atomic E-state index is 4.33. The molecule has 128 valence electrons. The monoisotopic (exact) mass is 324 g/mol. The number of guanidine groups is 1. The zero-order chi connectivity index (χ0) is 17.4. The van der Waals surface area contributed by atoms with Gasteiger partial charge in [0.05, 0.1) is 6.04 Å². The molecule has 4 heteroatoms. The lowest BCUT2D eigenvalue weighted by Gasteiger charge is -2.26. The van der Waals surface area contributed by atoms with E-state index < -0.39 is 0 Å². The van der Waals surface area contributed by atoms with E-state index >= 15 is 0 Å². The quantitative estimate of drug-likeness (QED) is 0.634. The Bertz CT molecular complexity index is 650. The molecule has 24 heavy (non-hydrogen) atoms. The number of nitrogens with zero attached hydrogens (tertiary/aromatic N) is 2. The van der Waals surface area contributed by atoms with Crippen LogP contribution in [0, 0.1) is 6.92 Å². The number of aliphatic imine (C=N–C) groups is 1. The molecule has 0 aliphatic rings. The van der Waals surface area contributed by atoms with E-state index in [0.717, 1.165) is 19.0 Å². The topological polar surface area (TPSA) is 39.7 Å². The lowest BCUT2D eigenvalue weighted by Crippen LogP contribution is -2.41. The highest BCUT2D eigenvalue weighted by molar-refractivity contribution is 5.79. The van der Waals surface area contributed by atoms with Gasteiger partial charge in [0.1, 0.15) is 0 Å². The van der Waals surface area contributed by atoms with Crippen molar-refractivity contribution < 1.29 is 0 Å². The van der Waals surface area contributed by atoms with Crippen molar-refractivity contribution in [3.63, 3.8) is 0 Å². The third-order valence-corrected chi connectivity index (χ3v) is 4.04. The molecular weight excluding hydrogens is 296 g/mol. The van der Waals surface area contributed by atoms with E-state index in [1.165, 1.54) is 16.7 Å². The Kier molecular flexibility index (Phi) is 6.82. The fourth-order valence-electron chi connectivity index (χ4n) is 2.70. The van der Waals surface area contributed by atoms with Crippen LogP contribution in [-0.2, 0) is 6.54 Å². The molecule has 0 bridgehead atoms. The van der Waals surface area contributed by atoms with Crippen LogP contribution in [0.1, 0.15) is 22.7 Å². The summed E-state index contributed by atoms with van der Waals surface area (Å²) in [5.74, 6) is 0.819. The summed E-state index contributed by atoms with van der Waals surface area (Å²) in [7, 11) is 6.00. The number of likely N-dealkylation sites (N-methyl/N-ethyl adjacent to an activating group) is 1. The van der Waals surface area contributed by atoms with Gasteiger partial charge in [0, 0.05) is 20.1 Å². The van der Waals surface area contributed by atoms with Crippen LogP contribution >= 0.6 is 0 Å². The van der Waals surface area contributed by atoms with Crippen molar-refractivity contribution >= 4 is 5.96 Å². The molecular formula is C20H28N4. The maximum absolute atomic E-state index is 4.33. The number of nitrogens with one attached hydrogen (secondary N) is 2. The number of benzene rings is 2. The molecule has 1 unspecified atom stereocenters. The van der Waals surface area contributed by atoms with Crippen LogP contribution in [-0.4, -0.2) is 38.5 Å². The van der Waals surface area contributed by atoms with Gasteiger partial charge in [-0.05, 0) is 32.1 Å². The Morgan fingerprint density at radius 2 is 1.79 bits per heavy atom. The number of aryl methyl sites for hydroxylation is 1. The van der Waals surface area contributed by atoms with Crippen molar-refractivity contribution in [3.8, 4) is 0 Å². The molecule has 2 aromatic carbocycles. The van der Waals surface area contributed by atoms with Gasteiger partial charge in [0.25, 0.3) is 0 Å². The van der Waals surface area contributed by atoms with E-state index in [1.807, 2.05) is 6.07 Å². The second-order valence-corrected chi connectivity index (χ2v) is 6.19. The average Bonchev–Trinajstić information content (AvgIpc) is 2.58. The molecule has 0 aliphatic heterocycles. The van der Waals surface area contributed by atoms with Gasteiger partial charge in [0.15, 0.2) is 5.96 Å². The number of hydrogen-bond acceptors (Lipinski definition) is 2. The lowest BCUT2D eigenvalue weighted by molar-refractivity contribution is 0.298. The van der Waals surface area contributed by atoms with Gasteiger partial charge in [0.2, 0.25) is 0 Å². The first-order valence-electron chi connectivity index (χ1n) is 8.31. The molecule has 0 heterocycles. The van der Waals surface area contributed by atoms with Crippen molar-refractivity contribution in [1.29, 1.82) is 0 Å². The van der Waals surface area contributed by atoms with Crippen LogP contribution in [0.3, 0.4) is 0 Å². The molecule has 1 atom stereocenters. The van der Waals surface area contributed by atoms with Crippen LogP contribution in [0.4, 0.5) is 0 Å². The molecule has 0 aromatic heterocycles. The Morgan fingerprint density at radius 3 is 2.42 bits per heavy atom. The Labute approximate surface area is 145 Å². The highest BCUT2D eigenvalue weighted by Crippen LogP contribution is 2.16. The normalized spacial score (nSPS) is 13.0. The zero-order valence-electron chi connectivity index (χ0n) is 15.1. The van der Waals surface area contributed by atoms with Crippen LogP contribution < -0.4 is 10.6 Å². The van der Waals surface area contributed by atoms with Gasteiger partial charge in [-0.15, -0.1) is 0 Å². The number of hydrogen-bond donors (Lipinski definition) is 2. The molecule has 0 saturated heterocycles. The first-order chi connectivity index (χ1) is 11.6. The molecule has 0 radical (unpaired) electrons. The molecule has 0 saturated carbocycles. The highest BCUT2D eigenvalue weighted by Gasteiger charge is 2.14. The van der Waals surface area contributed by atoms with Gasteiger partial charge in [-0.1, -0.05) is 60.2 Å². The van der Waals surface area contributed by atoms with Crippen LogP contribution in [0.5, 0.6) is 0 Å². The van der Waals surface area contributed by atoms with Crippen LogP contribution in [0.2, 0.25) is 0 Å². The summed E-state index contributed by atoms with van der Waals surface area (Å²) in [4.78, 5) is 6.54. The predicted octanol–water partition coefficient (Wildman–Crippen LogP) is 2.96. The summed E-state index contributed by atoms with van der Waals surface area (Å²) in [6.07, 6.45) is 0. The first-order valence-corrected chi connectivity index (χ1v) is 8.31. The van der Waals surface area contributed by atoms with E-state index in [4.69, 9.17) is 0 Å². The third-order valence-electron chi connectivity index (χ3n) is 4.04. The predicted molar refractivity (Wildman–Crippen MR) is 102 cm³/mol. The summed E-state index contributed by atoms with van der Waals surface area (Å²) >= 11 is 0. The maximum Gasteiger partial charge on any atom is 0.191 e. The van der Waals surface area contributed by atoms with Gasteiger partial charge in [-0.25, -0.2) is 0 Å².